The van der Waals surface area contributed by atoms with Gasteiger partial charge in [0, 0.05) is 31.9 Å². The lowest BCUT2D eigenvalue weighted by Crippen LogP contribution is -2.47. The van der Waals surface area contributed by atoms with E-state index in [2.05, 4.69) is 5.32 Å². The number of benzene rings is 1. The van der Waals surface area contributed by atoms with Crippen LogP contribution in [0, 0.1) is 6.92 Å². The van der Waals surface area contributed by atoms with Crippen molar-refractivity contribution in [2.45, 2.75) is 19.1 Å². The maximum absolute atomic E-state index is 13.2. The summed E-state index contributed by atoms with van der Waals surface area (Å²) in [6.45, 7) is 4.42. The molecule has 29 heavy (non-hydrogen) atoms. The standard InChI is InChI=1S/C20H21N3O5.ClH/c1-12-4-6-23(13-2-3-15-16(8-13)28-11-27-15)20(25)18(12)19(24)22-9-14-17(10-22)26-7-5-21-14;/h2-4,6,8,14,17,21H,5,7,9-11H2,1H3;1H/t14-,17-;/m0./s1. The first-order valence-corrected chi connectivity index (χ1v) is 9.38. The number of nitrogens with zero attached hydrogens (tertiary/aromatic N) is 2. The first-order valence-electron chi connectivity index (χ1n) is 9.38. The Morgan fingerprint density at radius 3 is 2.83 bits per heavy atom. The van der Waals surface area contributed by atoms with Crippen molar-refractivity contribution < 1.29 is 19.0 Å². The number of fused-ring (bicyclic) bond motifs is 2. The third kappa shape index (κ3) is 3.37. The third-order valence-corrected chi connectivity index (χ3v) is 5.54. The first-order chi connectivity index (χ1) is 13.6. The number of nitrogens with one attached hydrogen (secondary N) is 1. The SMILES string of the molecule is Cc1ccn(-c2ccc3c(c2)OCO3)c(=O)c1C(=O)N1C[C@@H]2NCCO[C@H]2C1.Cl. The molecule has 2 saturated heterocycles. The minimum Gasteiger partial charge on any atom is -0.454 e. The van der Waals surface area contributed by atoms with Crippen LogP contribution in [0.25, 0.3) is 5.69 Å². The smallest absolute Gasteiger partial charge is 0.268 e. The van der Waals surface area contributed by atoms with E-state index in [0.717, 1.165) is 6.54 Å². The monoisotopic (exact) mass is 419 g/mol. The molecule has 9 heteroatoms. The Morgan fingerprint density at radius 2 is 2.00 bits per heavy atom. The van der Waals surface area contributed by atoms with Gasteiger partial charge in [0.2, 0.25) is 6.79 Å². The van der Waals surface area contributed by atoms with Crippen molar-refractivity contribution in [1.82, 2.24) is 14.8 Å². The topological polar surface area (TPSA) is 82.0 Å². The number of aryl methyl sites for hydroxylation is 1. The summed E-state index contributed by atoms with van der Waals surface area (Å²) in [6.07, 6.45) is 1.67. The second kappa shape index (κ2) is 7.70. The van der Waals surface area contributed by atoms with Crippen LogP contribution in [-0.2, 0) is 4.74 Å². The summed E-state index contributed by atoms with van der Waals surface area (Å²) < 4.78 is 18.0. The van der Waals surface area contributed by atoms with E-state index in [0.29, 0.717) is 42.4 Å². The number of carbonyl (C=O) groups is 1. The Bertz CT molecular complexity index is 994. The van der Waals surface area contributed by atoms with E-state index < -0.39 is 0 Å². The summed E-state index contributed by atoms with van der Waals surface area (Å²) in [5.74, 6) is 0.981. The van der Waals surface area contributed by atoms with E-state index in [-0.39, 0.29) is 48.4 Å². The molecule has 0 aliphatic carbocycles. The van der Waals surface area contributed by atoms with Gasteiger partial charge in [-0.1, -0.05) is 0 Å². The maximum Gasteiger partial charge on any atom is 0.268 e. The fraction of sp³-hybridized carbons (Fsp3) is 0.400. The summed E-state index contributed by atoms with van der Waals surface area (Å²) in [4.78, 5) is 28.1. The van der Waals surface area contributed by atoms with Gasteiger partial charge in [0.25, 0.3) is 11.5 Å². The van der Waals surface area contributed by atoms with Crippen molar-refractivity contribution >= 4 is 18.3 Å². The van der Waals surface area contributed by atoms with Crippen LogP contribution in [0.1, 0.15) is 15.9 Å². The van der Waals surface area contributed by atoms with Crippen LogP contribution in [0.4, 0.5) is 0 Å². The molecule has 8 nitrogen and oxygen atoms in total. The lowest BCUT2D eigenvalue weighted by Gasteiger charge is -2.25. The highest BCUT2D eigenvalue weighted by molar-refractivity contribution is 5.95. The molecule has 0 saturated carbocycles. The van der Waals surface area contributed by atoms with Gasteiger partial charge in [0.15, 0.2) is 11.5 Å². The number of hydrogen-bond donors (Lipinski definition) is 1. The fourth-order valence-corrected chi connectivity index (χ4v) is 4.04. The lowest BCUT2D eigenvalue weighted by molar-refractivity contribution is 0.0176. The summed E-state index contributed by atoms with van der Waals surface area (Å²) >= 11 is 0. The molecule has 154 valence electrons. The van der Waals surface area contributed by atoms with Gasteiger partial charge < -0.3 is 24.4 Å². The van der Waals surface area contributed by atoms with Gasteiger partial charge in [-0.2, -0.15) is 0 Å². The zero-order valence-corrected chi connectivity index (χ0v) is 16.7. The molecule has 1 aromatic carbocycles. The van der Waals surface area contributed by atoms with Crippen molar-refractivity contribution in [3.05, 3.63) is 51.9 Å². The Balaban J connectivity index is 0.00000205. The number of carbonyl (C=O) groups excluding carboxylic acids is 1. The van der Waals surface area contributed by atoms with Crippen LogP contribution in [0.15, 0.2) is 35.3 Å². The average Bonchev–Trinajstić information content (AvgIpc) is 3.34. The molecule has 5 rings (SSSR count). The molecule has 1 amide bonds. The zero-order valence-electron chi connectivity index (χ0n) is 15.9. The Labute approximate surface area is 173 Å². The van der Waals surface area contributed by atoms with Crippen LogP contribution < -0.4 is 20.3 Å². The van der Waals surface area contributed by atoms with Gasteiger partial charge >= 0.3 is 0 Å². The molecule has 0 unspecified atom stereocenters. The molecular weight excluding hydrogens is 398 g/mol. The van der Waals surface area contributed by atoms with E-state index in [4.69, 9.17) is 14.2 Å². The molecule has 3 aliphatic heterocycles. The molecule has 0 spiro atoms. The van der Waals surface area contributed by atoms with Gasteiger partial charge in [-0.3, -0.25) is 14.2 Å². The molecule has 4 heterocycles. The van der Waals surface area contributed by atoms with Crippen molar-refractivity contribution in [3.63, 3.8) is 0 Å². The zero-order chi connectivity index (χ0) is 19.3. The van der Waals surface area contributed by atoms with E-state index in [1.54, 1.807) is 42.3 Å². The van der Waals surface area contributed by atoms with E-state index >= 15 is 0 Å². The van der Waals surface area contributed by atoms with E-state index in [1.807, 2.05) is 0 Å². The number of aromatic nitrogens is 1. The number of rotatable bonds is 2. The van der Waals surface area contributed by atoms with Gasteiger partial charge in [0.1, 0.15) is 5.56 Å². The highest BCUT2D eigenvalue weighted by Gasteiger charge is 2.38. The molecule has 0 bridgehead atoms. The average molecular weight is 420 g/mol. The van der Waals surface area contributed by atoms with Crippen LogP contribution in [-0.4, -0.2) is 60.6 Å². The number of halogens is 1. The number of hydrogen-bond acceptors (Lipinski definition) is 6. The predicted octanol–water partition coefficient (Wildman–Crippen LogP) is 1.11. The van der Waals surface area contributed by atoms with Crippen molar-refractivity contribution in [2.24, 2.45) is 0 Å². The first kappa shape index (κ1) is 19.8. The molecule has 1 N–H and O–H groups in total. The third-order valence-electron chi connectivity index (χ3n) is 5.54. The van der Waals surface area contributed by atoms with Gasteiger partial charge in [0.05, 0.1) is 24.4 Å². The Hall–Kier alpha value is -2.55. The minimum atomic E-state index is -0.340. The number of amides is 1. The van der Waals surface area contributed by atoms with Crippen LogP contribution >= 0.6 is 12.4 Å². The summed E-state index contributed by atoms with van der Waals surface area (Å²) in [5, 5.41) is 3.38. The number of pyridine rings is 1. The lowest BCUT2D eigenvalue weighted by atomic mass is 10.1. The summed E-state index contributed by atoms with van der Waals surface area (Å²) in [6, 6.07) is 7.20. The number of likely N-dealkylation sites (tertiary alicyclic amines) is 1. The summed E-state index contributed by atoms with van der Waals surface area (Å²) in [5.41, 5.74) is 1.14. The molecule has 1 aromatic heterocycles. The van der Waals surface area contributed by atoms with E-state index in [1.165, 1.54) is 4.57 Å². The second-order valence-corrected chi connectivity index (χ2v) is 7.27. The molecule has 2 fully saturated rings. The molecule has 3 aliphatic rings. The van der Waals surface area contributed by atoms with Gasteiger partial charge in [-0.25, -0.2) is 0 Å². The largest absolute Gasteiger partial charge is 0.454 e. The predicted molar refractivity (Wildman–Crippen MR) is 108 cm³/mol. The Morgan fingerprint density at radius 1 is 1.17 bits per heavy atom. The van der Waals surface area contributed by atoms with Crippen LogP contribution in [0.5, 0.6) is 11.5 Å². The fourth-order valence-electron chi connectivity index (χ4n) is 4.04. The quantitative estimate of drug-likeness (QED) is 0.785. The highest BCUT2D eigenvalue weighted by Crippen LogP contribution is 2.33. The molecule has 2 atom stereocenters. The van der Waals surface area contributed by atoms with Crippen molar-refractivity contribution in [1.29, 1.82) is 0 Å². The highest BCUT2D eigenvalue weighted by atomic mass is 35.5. The van der Waals surface area contributed by atoms with Gasteiger partial charge in [-0.05, 0) is 30.7 Å². The number of morpholine rings is 1. The molecule has 0 radical (unpaired) electrons. The van der Waals surface area contributed by atoms with Crippen LogP contribution in [0.2, 0.25) is 0 Å². The normalized spacial score (nSPS) is 22.2. The number of ether oxygens (including phenoxy) is 3. The van der Waals surface area contributed by atoms with Gasteiger partial charge in [-0.15, -0.1) is 12.4 Å². The van der Waals surface area contributed by atoms with E-state index in [9.17, 15) is 9.59 Å². The molecular formula is C20H22ClN3O5. The summed E-state index contributed by atoms with van der Waals surface area (Å²) in [7, 11) is 0. The van der Waals surface area contributed by atoms with Crippen molar-refractivity contribution in [3.8, 4) is 17.2 Å². The molecule has 2 aromatic rings. The Kier molecular flexibility index (Phi) is 5.24. The minimum absolute atomic E-state index is 0. The van der Waals surface area contributed by atoms with Crippen molar-refractivity contribution in [2.75, 3.05) is 33.0 Å². The van der Waals surface area contributed by atoms with Crippen LogP contribution in [0.3, 0.4) is 0 Å². The maximum atomic E-state index is 13.2. The second-order valence-electron chi connectivity index (χ2n) is 7.27.